The summed E-state index contributed by atoms with van der Waals surface area (Å²) in [4.78, 5) is 4.16. The second kappa shape index (κ2) is 6.87. The van der Waals surface area contributed by atoms with Gasteiger partial charge in [-0.1, -0.05) is 12.1 Å². The zero-order valence-corrected chi connectivity index (χ0v) is 13.0. The number of β-amino-alcohol motifs (C(OH)–C–C–N with tert-alkyl or cyclic N) is 1. The third-order valence-corrected chi connectivity index (χ3v) is 4.23. The summed E-state index contributed by atoms with van der Waals surface area (Å²) in [6, 6.07) is 6.18. The van der Waals surface area contributed by atoms with Crippen molar-refractivity contribution >= 4 is 5.69 Å². The Labute approximate surface area is 129 Å². The summed E-state index contributed by atoms with van der Waals surface area (Å²) in [5.41, 5.74) is 3.67. The van der Waals surface area contributed by atoms with Crippen LogP contribution in [0.1, 0.15) is 17.5 Å². The van der Waals surface area contributed by atoms with Crippen molar-refractivity contribution in [3.05, 3.63) is 29.3 Å². The average Bonchev–Trinajstić information content (AvgIpc) is 2.41. The zero-order valence-electron chi connectivity index (χ0n) is 13.0. The first-order chi connectivity index (χ1) is 10.3. The van der Waals surface area contributed by atoms with Crippen LogP contribution in [0.5, 0.6) is 0 Å². The SMILES string of the molecule is Cc1cccc(N2CCN(C[C@@H](O)CC(F)(F)F)CC2)c1C. The molecule has 0 saturated carbocycles. The van der Waals surface area contributed by atoms with Crippen molar-refractivity contribution in [2.24, 2.45) is 0 Å². The molecule has 124 valence electrons. The lowest BCUT2D eigenvalue weighted by Gasteiger charge is -2.37. The highest BCUT2D eigenvalue weighted by atomic mass is 19.4. The lowest BCUT2D eigenvalue weighted by Crippen LogP contribution is -2.49. The summed E-state index contributed by atoms with van der Waals surface area (Å²) in [5, 5.41) is 9.53. The van der Waals surface area contributed by atoms with E-state index < -0.39 is 18.7 Å². The average molecular weight is 316 g/mol. The Bertz CT molecular complexity index is 497. The maximum atomic E-state index is 12.2. The number of hydrogen-bond acceptors (Lipinski definition) is 3. The molecule has 3 nitrogen and oxygen atoms in total. The van der Waals surface area contributed by atoms with Gasteiger partial charge in [0.05, 0.1) is 12.5 Å². The number of aliphatic hydroxyl groups is 1. The first kappa shape index (κ1) is 17.1. The number of piperazine rings is 1. The molecule has 1 heterocycles. The van der Waals surface area contributed by atoms with E-state index in [0.717, 1.165) is 13.1 Å². The van der Waals surface area contributed by atoms with Gasteiger partial charge in [0.25, 0.3) is 0 Å². The maximum absolute atomic E-state index is 12.2. The Balaban J connectivity index is 1.87. The minimum Gasteiger partial charge on any atom is -0.391 e. The van der Waals surface area contributed by atoms with E-state index in [1.54, 1.807) is 0 Å². The predicted octanol–water partition coefficient (Wildman–Crippen LogP) is 2.74. The molecule has 1 atom stereocenters. The molecule has 1 aromatic rings. The van der Waals surface area contributed by atoms with Crippen molar-refractivity contribution in [2.45, 2.75) is 32.5 Å². The number of hydrogen-bond donors (Lipinski definition) is 1. The first-order valence-corrected chi connectivity index (χ1v) is 7.54. The number of aliphatic hydroxyl groups excluding tert-OH is 1. The molecule has 22 heavy (non-hydrogen) atoms. The number of benzene rings is 1. The molecule has 1 N–H and O–H groups in total. The smallest absolute Gasteiger partial charge is 0.391 e. The fourth-order valence-corrected chi connectivity index (χ4v) is 2.88. The molecule has 0 amide bonds. The summed E-state index contributed by atoms with van der Waals surface area (Å²) in [5.74, 6) is 0. The lowest BCUT2D eigenvalue weighted by molar-refractivity contribution is -0.155. The van der Waals surface area contributed by atoms with Crippen LogP contribution in [0.25, 0.3) is 0 Å². The summed E-state index contributed by atoms with van der Waals surface area (Å²) >= 11 is 0. The van der Waals surface area contributed by atoms with Gasteiger partial charge in [0.1, 0.15) is 0 Å². The Kier molecular flexibility index (Phi) is 5.34. The van der Waals surface area contributed by atoms with Crippen molar-refractivity contribution in [3.8, 4) is 0 Å². The molecule has 1 aliphatic rings. The van der Waals surface area contributed by atoms with Crippen molar-refractivity contribution in [2.75, 3.05) is 37.6 Å². The normalized spacial score (nSPS) is 18.5. The fourth-order valence-electron chi connectivity index (χ4n) is 2.88. The van der Waals surface area contributed by atoms with Crippen LogP contribution in [-0.2, 0) is 0 Å². The van der Waals surface area contributed by atoms with Crippen molar-refractivity contribution < 1.29 is 18.3 Å². The molecule has 0 unspecified atom stereocenters. The molecule has 2 rings (SSSR count). The van der Waals surface area contributed by atoms with Gasteiger partial charge in [0.2, 0.25) is 0 Å². The first-order valence-electron chi connectivity index (χ1n) is 7.54. The molecule has 0 spiro atoms. The van der Waals surface area contributed by atoms with Gasteiger partial charge in [0, 0.05) is 38.4 Å². The Morgan fingerprint density at radius 2 is 1.77 bits per heavy atom. The van der Waals surface area contributed by atoms with Gasteiger partial charge in [-0.3, -0.25) is 4.90 Å². The van der Waals surface area contributed by atoms with Crippen LogP contribution in [-0.4, -0.2) is 55.0 Å². The van der Waals surface area contributed by atoms with Crippen LogP contribution < -0.4 is 4.90 Å². The molecular weight excluding hydrogens is 293 g/mol. The van der Waals surface area contributed by atoms with E-state index in [4.69, 9.17) is 0 Å². The monoisotopic (exact) mass is 316 g/mol. The minimum atomic E-state index is -4.31. The number of anilines is 1. The van der Waals surface area contributed by atoms with E-state index in [0.29, 0.717) is 13.1 Å². The standard InChI is InChI=1S/C16H23F3N2O/c1-12-4-3-5-15(13(12)2)21-8-6-20(7-9-21)11-14(22)10-16(17,18)19/h3-5,14,22H,6-11H2,1-2H3/t14-/m0/s1. The largest absolute Gasteiger partial charge is 0.391 e. The molecular formula is C16H23F3N2O. The molecule has 1 fully saturated rings. The van der Waals surface area contributed by atoms with Crippen LogP contribution in [0.15, 0.2) is 18.2 Å². The topological polar surface area (TPSA) is 26.7 Å². The number of nitrogens with zero attached hydrogens (tertiary/aromatic N) is 2. The number of alkyl halides is 3. The third kappa shape index (κ3) is 4.61. The van der Waals surface area contributed by atoms with Crippen molar-refractivity contribution in [1.82, 2.24) is 4.90 Å². The molecule has 1 aromatic carbocycles. The van der Waals surface area contributed by atoms with Gasteiger partial charge >= 0.3 is 6.18 Å². The minimum absolute atomic E-state index is 0.0835. The molecule has 0 aliphatic carbocycles. The molecule has 0 radical (unpaired) electrons. The molecule has 1 saturated heterocycles. The predicted molar refractivity (Wildman–Crippen MR) is 81.2 cm³/mol. The highest BCUT2D eigenvalue weighted by Crippen LogP contribution is 2.25. The quantitative estimate of drug-likeness (QED) is 0.925. The van der Waals surface area contributed by atoms with Crippen LogP contribution in [0.2, 0.25) is 0 Å². The van der Waals surface area contributed by atoms with E-state index in [2.05, 4.69) is 30.9 Å². The molecule has 0 bridgehead atoms. The van der Waals surface area contributed by atoms with Crippen LogP contribution in [0, 0.1) is 13.8 Å². The second-order valence-electron chi connectivity index (χ2n) is 5.98. The van der Waals surface area contributed by atoms with Gasteiger partial charge in [0.15, 0.2) is 0 Å². The Morgan fingerprint density at radius 3 is 2.36 bits per heavy atom. The summed E-state index contributed by atoms with van der Waals surface area (Å²) in [6.07, 6.45) is -6.78. The maximum Gasteiger partial charge on any atom is 0.391 e. The molecule has 0 aromatic heterocycles. The summed E-state index contributed by atoms with van der Waals surface area (Å²) in [6.45, 7) is 7.11. The molecule has 6 heteroatoms. The van der Waals surface area contributed by atoms with Crippen molar-refractivity contribution in [3.63, 3.8) is 0 Å². The van der Waals surface area contributed by atoms with Crippen molar-refractivity contribution in [1.29, 1.82) is 0 Å². The van der Waals surface area contributed by atoms with Crippen LogP contribution >= 0.6 is 0 Å². The van der Waals surface area contributed by atoms with E-state index >= 15 is 0 Å². The zero-order chi connectivity index (χ0) is 16.3. The van der Waals surface area contributed by atoms with Gasteiger partial charge in [-0.25, -0.2) is 0 Å². The lowest BCUT2D eigenvalue weighted by atomic mass is 10.1. The highest BCUT2D eigenvalue weighted by molar-refractivity contribution is 5.56. The van der Waals surface area contributed by atoms with Gasteiger partial charge < -0.3 is 10.0 Å². The van der Waals surface area contributed by atoms with Crippen LogP contribution in [0.3, 0.4) is 0 Å². The summed E-state index contributed by atoms with van der Waals surface area (Å²) < 4.78 is 36.7. The van der Waals surface area contributed by atoms with Gasteiger partial charge in [-0.05, 0) is 31.0 Å². The van der Waals surface area contributed by atoms with Gasteiger partial charge in [-0.15, -0.1) is 0 Å². The van der Waals surface area contributed by atoms with E-state index in [9.17, 15) is 18.3 Å². The second-order valence-corrected chi connectivity index (χ2v) is 5.98. The Hall–Kier alpha value is -1.27. The number of halogens is 3. The Morgan fingerprint density at radius 1 is 1.14 bits per heavy atom. The number of aryl methyl sites for hydroxylation is 1. The highest BCUT2D eigenvalue weighted by Gasteiger charge is 2.32. The molecule has 1 aliphatic heterocycles. The van der Waals surface area contributed by atoms with E-state index in [-0.39, 0.29) is 6.54 Å². The third-order valence-electron chi connectivity index (χ3n) is 4.23. The van der Waals surface area contributed by atoms with E-state index in [1.807, 2.05) is 11.0 Å². The number of rotatable bonds is 4. The summed E-state index contributed by atoms with van der Waals surface area (Å²) in [7, 11) is 0. The fraction of sp³-hybridized carbons (Fsp3) is 0.625. The van der Waals surface area contributed by atoms with Crippen LogP contribution in [0.4, 0.5) is 18.9 Å². The van der Waals surface area contributed by atoms with E-state index in [1.165, 1.54) is 16.8 Å². The van der Waals surface area contributed by atoms with Gasteiger partial charge in [-0.2, -0.15) is 13.2 Å².